The van der Waals surface area contributed by atoms with E-state index in [1.165, 1.54) is 32.4 Å². The molecule has 0 aromatic carbocycles. The summed E-state index contributed by atoms with van der Waals surface area (Å²) < 4.78 is 24.8. The van der Waals surface area contributed by atoms with Crippen molar-refractivity contribution in [2.24, 2.45) is 0 Å². The predicted octanol–water partition coefficient (Wildman–Crippen LogP) is 6.71. The summed E-state index contributed by atoms with van der Waals surface area (Å²) >= 11 is 12.7. The minimum Gasteiger partial charge on any atom is -0.390 e. The van der Waals surface area contributed by atoms with Crippen molar-refractivity contribution in [3.05, 3.63) is 94.2 Å². The van der Waals surface area contributed by atoms with Crippen molar-refractivity contribution in [3.63, 3.8) is 0 Å². The SMILES string of the molecule is CC(C)(O)CCNC(=O)c1cnc(-n2ccc3cc(Cl)cnc32)cc1NC1CCOC(c2cc3cc(Cl)cnc3n2-c2cc(NCC(C)(C)O)c(C(=O)NCC(F)C(C)(C)O)cn2)C1. The first-order valence-corrected chi connectivity index (χ1v) is 21.7. The van der Waals surface area contributed by atoms with Crippen LogP contribution in [-0.2, 0) is 4.74 Å². The Morgan fingerprint density at radius 3 is 2.16 bits per heavy atom. The van der Waals surface area contributed by atoms with Crippen LogP contribution in [0.5, 0.6) is 0 Å². The Hall–Kier alpha value is -5.43. The molecular formula is C45H53Cl2FN10O6. The van der Waals surface area contributed by atoms with Gasteiger partial charge in [0.2, 0.25) is 0 Å². The number of hydrogen-bond donors (Lipinski definition) is 7. The highest BCUT2D eigenvalue weighted by atomic mass is 35.5. The van der Waals surface area contributed by atoms with Gasteiger partial charge in [-0.1, -0.05) is 23.2 Å². The highest BCUT2D eigenvalue weighted by molar-refractivity contribution is 6.31. The average molecular weight is 920 g/mol. The molecule has 6 aromatic heterocycles. The van der Waals surface area contributed by atoms with Crippen LogP contribution in [0, 0.1) is 0 Å². The zero-order chi connectivity index (χ0) is 46.1. The van der Waals surface area contributed by atoms with Crippen molar-refractivity contribution in [1.82, 2.24) is 39.7 Å². The number of carbonyl (C=O) groups excluding carboxylic acids is 2. The van der Waals surface area contributed by atoms with E-state index in [1.807, 2.05) is 33.5 Å². The van der Waals surface area contributed by atoms with Gasteiger partial charge < -0.3 is 41.3 Å². The van der Waals surface area contributed by atoms with Gasteiger partial charge in [-0.05, 0) is 85.1 Å². The Bertz CT molecular complexity index is 2670. The van der Waals surface area contributed by atoms with E-state index >= 15 is 0 Å². The van der Waals surface area contributed by atoms with Gasteiger partial charge >= 0.3 is 0 Å². The van der Waals surface area contributed by atoms with Crippen LogP contribution in [-0.4, -0.2) is 111 Å². The topological polar surface area (TPSA) is 214 Å². The molecule has 340 valence electrons. The first-order chi connectivity index (χ1) is 30.1. The number of hydrogen-bond acceptors (Lipinski definition) is 12. The second-order valence-electron chi connectivity index (χ2n) is 17.9. The monoisotopic (exact) mass is 918 g/mol. The van der Waals surface area contributed by atoms with E-state index in [-0.39, 0.29) is 30.6 Å². The second-order valence-corrected chi connectivity index (χ2v) is 18.8. The molecule has 6 aromatic rings. The average Bonchev–Trinajstić information content (AvgIpc) is 3.82. The summed E-state index contributed by atoms with van der Waals surface area (Å²) in [5.41, 5.74) is -0.738. The first-order valence-electron chi connectivity index (χ1n) is 20.9. The number of aromatic nitrogens is 6. The fourth-order valence-electron chi connectivity index (χ4n) is 7.29. The standard InChI is InChI=1S/C45H53Cl2FN10O6/c1-43(2,61)9-10-49-41(59)31-22-50-37(57-11-7-25-13-27(46)19-52-39(25)57)18-33(31)56-29-8-12-64-35(16-29)34-15-26-14-28(47)20-53-40(26)58(34)38-17-32(55-24-44(3,4)62)30(21-51-38)42(60)54-23-36(48)45(5,6)63/h7,11,13-15,17-22,29,35-36,61-63H,8-10,12,16,23-24H2,1-6H3,(H,49,59)(H,50,56)(H,51,55)(H,54,60). The first kappa shape index (κ1) is 46.6. The van der Waals surface area contributed by atoms with Crippen LogP contribution in [0.15, 0.2) is 67.4 Å². The highest BCUT2D eigenvalue weighted by Crippen LogP contribution is 2.37. The van der Waals surface area contributed by atoms with Gasteiger partial charge in [0.25, 0.3) is 11.8 Å². The van der Waals surface area contributed by atoms with Crippen LogP contribution < -0.4 is 21.3 Å². The van der Waals surface area contributed by atoms with Crippen LogP contribution in [0.4, 0.5) is 15.8 Å². The lowest BCUT2D eigenvalue weighted by atomic mass is 9.99. The fourth-order valence-corrected chi connectivity index (χ4v) is 7.62. The summed E-state index contributed by atoms with van der Waals surface area (Å²) in [4.78, 5) is 45.7. The molecule has 2 amide bonds. The van der Waals surface area contributed by atoms with Crippen LogP contribution >= 0.6 is 23.2 Å². The lowest BCUT2D eigenvalue weighted by molar-refractivity contribution is -0.00179. The van der Waals surface area contributed by atoms with Crippen molar-refractivity contribution in [3.8, 4) is 11.6 Å². The molecule has 0 saturated carbocycles. The van der Waals surface area contributed by atoms with Gasteiger partial charge in [-0.2, -0.15) is 0 Å². The smallest absolute Gasteiger partial charge is 0.255 e. The van der Waals surface area contributed by atoms with E-state index in [0.29, 0.717) is 86.9 Å². The fraction of sp³-hybridized carbons (Fsp3) is 0.422. The molecular weight excluding hydrogens is 866 g/mol. The van der Waals surface area contributed by atoms with Gasteiger partial charge in [0.1, 0.15) is 29.1 Å². The van der Waals surface area contributed by atoms with Gasteiger partial charge in [-0.25, -0.2) is 24.3 Å². The third kappa shape index (κ3) is 11.1. The minimum atomic E-state index is -1.73. The summed E-state index contributed by atoms with van der Waals surface area (Å²) in [6.07, 6.45) is 6.90. The molecule has 19 heteroatoms. The second kappa shape index (κ2) is 18.6. The Balaban J connectivity index is 1.23. The number of pyridine rings is 4. The number of halogens is 3. The van der Waals surface area contributed by atoms with Crippen molar-refractivity contribution in [2.45, 2.75) is 95.9 Å². The number of ether oxygens (including phenoxy) is 1. The Morgan fingerprint density at radius 2 is 1.47 bits per heavy atom. The molecule has 7 heterocycles. The molecule has 7 N–H and O–H groups in total. The van der Waals surface area contributed by atoms with Gasteiger partial charge in [-0.15, -0.1) is 0 Å². The van der Waals surface area contributed by atoms with Gasteiger partial charge in [0.15, 0.2) is 0 Å². The van der Waals surface area contributed by atoms with E-state index in [2.05, 4.69) is 36.2 Å². The molecule has 1 fully saturated rings. The lowest BCUT2D eigenvalue weighted by Crippen LogP contribution is -2.42. The third-order valence-corrected chi connectivity index (χ3v) is 11.2. The highest BCUT2D eigenvalue weighted by Gasteiger charge is 2.31. The van der Waals surface area contributed by atoms with E-state index < -0.39 is 41.5 Å². The van der Waals surface area contributed by atoms with Crippen molar-refractivity contribution in [1.29, 1.82) is 0 Å². The molecule has 7 rings (SSSR count). The molecule has 0 radical (unpaired) electrons. The number of carbonyl (C=O) groups is 2. The largest absolute Gasteiger partial charge is 0.390 e. The van der Waals surface area contributed by atoms with E-state index in [9.17, 15) is 29.3 Å². The zero-order valence-corrected chi connectivity index (χ0v) is 37.9. The summed E-state index contributed by atoms with van der Waals surface area (Å²) in [5, 5.41) is 45.7. The summed E-state index contributed by atoms with van der Waals surface area (Å²) in [6.45, 7) is 9.44. The van der Waals surface area contributed by atoms with E-state index in [1.54, 1.807) is 52.1 Å². The molecule has 3 unspecified atom stereocenters. The van der Waals surface area contributed by atoms with Crippen molar-refractivity contribution in [2.75, 3.05) is 36.9 Å². The summed E-state index contributed by atoms with van der Waals surface area (Å²) in [7, 11) is 0. The molecule has 1 aliphatic heterocycles. The molecule has 16 nitrogen and oxygen atoms in total. The zero-order valence-electron chi connectivity index (χ0n) is 36.4. The molecule has 3 atom stereocenters. The third-order valence-electron chi connectivity index (χ3n) is 10.8. The maximum absolute atomic E-state index is 14.7. The van der Waals surface area contributed by atoms with Crippen molar-refractivity contribution >= 4 is 68.5 Å². The Kier molecular flexibility index (Phi) is 13.5. The number of nitrogens with one attached hydrogen (secondary N) is 4. The predicted molar refractivity (Wildman–Crippen MR) is 245 cm³/mol. The molecule has 1 saturated heterocycles. The number of fused-ring (bicyclic) bond motifs is 2. The quantitative estimate of drug-likeness (QED) is 0.0540. The van der Waals surface area contributed by atoms with E-state index in [4.69, 9.17) is 32.9 Å². The summed E-state index contributed by atoms with van der Waals surface area (Å²) in [5.74, 6) is -0.109. The van der Waals surface area contributed by atoms with Gasteiger partial charge in [0, 0.05) is 79.6 Å². The van der Waals surface area contributed by atoms with Crippen LogP contribution in [0.1, 0.15) is 93.3 Å². The molecule has 0 aliphatic carbocycles. The number of aliphatic hydroxyl groups is 3. The minimum absolute atomic E-state index is 0.0555. The van der Waals surface area contributed by atoms with Gasteiger partial charge in [-0.3, -0.25) is 18.7 Å². The number of nitrogens with zero attached hydrogens (tertiary/aromatic N) is 6. The van der Waals surface area contributed by atoms with Crippen LogP contribution in [0.2, 0.25) is 10.0 Å². The number of anilines is 2. The maximum Gasteiger partial charge on any atom is 0.255 e. The molecule has 0 spiro atoms. The molecule has 64 heavy (non-hydrogen) atoms. The van der Waals surface area contributed by atoms with Crippen molar-refractivity contribution < 1.29 is 34.0 Å². The number of rotatable bonds is 16. The van der Waals surface area contributed by atoms with Crippen LogP contribution in [0.3, 0.4) is 0 Å². The maximum atomic E-state index is 14.7. The normalized spacial score (nSPS) is 16.5. The summed E-state index contributed by atoms with van der Waals surface area (Å²) in [6, 6.07) is 10.6. The van der Waals surface area contributed by atoms with E-state index in [0.717, 1.165) is 5.39 Å². The lowest BCUT2D eigenvalue weighted by Gasteiger charge is -2.32. The molecule has 0 bridgehead atoms. The number of amides is 2. The Labute approximate surface area is 379 Å². The van der Waals surface area contributed by atoms with Gasteiger partial charge in [0.05, 0.1) is 67.7 Å². The van der Waals surface area contributed by atoms with Crippen LogP contribution in [0.25, 0.3) is 33.7 Å². The molecule has 1 aliphatic rings. The number of alkyl halides is 1. The Morgan fingerprint density at radius 1 is 0.828 bits per heavy atom.